The van der Waals surface area contributed by atoms with Crippen LogP contribution in [0.5, 0.6) is 0 Å². The van der Waals surface area contributed by atoms with Gasteiger partial charge in [-0.25, -0.2) is 0 Å². The monoisotopic (exact) mass is 389 g/mol. The maximum Gasteiger partial charge on any atom is 0.254 e. The molecule has 8 nitrogen and oxygen atoms in total. The summed E-state index contributed by atoms with van der Waals surface area (Å²) in [6, 6.07) is 13.8. The molecule has 1 N–H and O–H groups in total. The number of rotatable bonds is 5. The van der Waals surface area contributed by atoms with E-state index in [0.29, 0.717) is 36.5 Å². The lowest BCUT2D eigenvalue weighted by Gasteiger charge is -2.33. The van der Waals surface area contributed by atoms with Crippen molar-refractivity contribution in [2.24, 2.45) is 0 Å². The van der Waals surface area contributed by atoms with E-state index in [1.54, 1.807) is 53.8 Å². The molecule has 0 radical (unpaired) electrons. The van der Waals surface area contributed by atoms with Crippen LogP contribution in [-0.2, 0) is 17.9 Å². The van der Waals surface area contributed by atoms with Gasteiger partial charge in [0.15, 0.2) is 0 Å². The van der Waals surface area contributed by atoms with Crippen molar-refractivity contribution in [3.63, 3.8) is 0 Å². The third-order valence-electron chi connectivity index (χ3n) is 4.87. The lowest BCUT2D eigenvalue weighted by molar-refractivity contribution is -0.122. The number of furan rings is 1. The average Bonchev–Trinajstić information content (AvgIpc) is 3.43. The van der Waals surface area contributed by atoms with E-state index in [0.717, 1.165) is 5.69 Å². The third-order valence-corrected chi connectivity index (χ3v) is 4.87. The molecule has 146 valence electrons. The molecule has 0 saturated heterocycles. The van der Waals surface area contributed by atoms with E-state index in [-0.39, 0.29) is 24.3 Å². The van der Waals surface area contributed by atoms with Gasteiger partial charge in [0, 0.05) is 18.3 Å². The molecule has 3 heterocycles. The molecule has 3 aromatic rings. The molecular weight excluding hydrogens is 370 g/mol. The van der Waals surface area contributed by atoms with Crippen molar-refractivity contribution < 1.29 is 14.0 Å². The second-order valence-electron chi connectivity index (χ2n) is 6.86. The van der Waals surface area contributed by atoms with E-state index in [9.17, 15) is 9.59 Å². The van der Waals surface area contributed by atoms with E-state index in [1.165, 1.54) is 0 Å². The summed E-state index contributed by atoms with van der Waals surface area (Å²) in [5.74, 6) is 0.361. The van der Waals surface area contributed by atoms with Crippen molar-refractivity contribution in [1.29, 1.82) is 5.26 Å². The van der Waals surface area contributed by atoms with E-state index in [2.05, 4.69) is 16.5 Å². The molecule has 29 heavy (non-hydrogen) atoms. The maximum absolute atomic E-state index is 13.0. The van der Waals surface area contributed by atoms with Gasteiger partial charge in [0.1, 0.15) is 5.76 Å². The van der Waals surface area contributed by atoms with Gasteiger partial charge in [0.2, 0.25) is 5.91 Å². The Morgan fingerprint density at radius 1 is 1.28 bits per heavy atom. The van der Waals surface area contributed by atoms with Crippen molar-refractivity contribution in [3.8, 4) is 6.07 Å². The van der Waals surface area contributed by atoms with Crippen LogP contribution in [0.15, 0.2) is 59.3 Å². The largest absolute Gasteiger partial charge is 0.467 e. The Kier molecular flexibility index (Phi) is 5.12. The second-order valence-corrected chi connectivity index (χ2v) is 6.86. The maximum atomic E-state index is 13.0. The summed E-state index contributed by atoms with van der Waals surface area (Å²) in [4.78, 5) is 27.1. The highest BCUT2D eigenvalue weighted by Gasteiger charge is 2.30. The zero-order chi connectivity index (χ0) is 20.2. The van der Waals surface area contributed by atoms with Crippen LogP contribution in [0.4, 0.5) is 0 Å². The Hall–Kier alpha value is -3.86. The van der Waals surface area contributed by atoms with Gasteiger partial charge in [0.25, 0.3) is 5.91 Å². The Bertz CT molecular complexity index is 1060. The molecule has 8 heteroatoms. The van der Waals surface area contributed by atoms with Crippen LogP contribution in [0, 0.1) is 11.3 Å². The van der Waals surface area contributed by atoms with Gasteiger partial charge in [-0.3, -0.25) is 14.3 Å². The highest BCUT2D eigenvalue weighted by atomic mass is 16.3. The minimum Gasteiger partial charge on any atom is -0.467 e. The minimum absolute atomic E-state index is 0.145. The molecular formula is C21H19N5O3. The van der Waals surface area contributed by atoms with Crippen molar-refractivity contribution in [1.82, 2.24) is 20.0 Å². The molecule has 4 rings (SSSR count). The molecule has 1 aliphatic heterocycles. The van der Waals surface area contributed by atoms with Crippen LogP contribution < -0.4 is 5.32 Å². The van der Waals surface area contributed by atoms with Crippen LogP contribution in [-0.4, -0.2) is 33.0 Å². The van der Waals surface area contributed by atoms with Gasteiger partial charge in [-0.2, -0.15) is 10.4 Å². The van der Waals surface area contributed by atoms with Crippen molar-refractivity contribution in [3.05, 3.63) is 77.5 Å². The summed E-state index contributed by atoms with van der Waals surface area (Å²) in [6.07, 6.45) is 3.42. The number of nitriles is 1. The topological polar surface area (TPSA) is 104 Å². The minimum atomic E-state index is -0.270. The molecule has 0 saturated carbocycles. The van der Waals surface area contributed by atoms with E-state index in [4.69, 9.17) is 9.68 Å². The third kappa shape index (κ3) is 4.04. The summed E-state index contributed by atoms with van der Waals surface area (Å²) in [6.45, 7) is 1.08. The fourth-order valence-electron chi connectivity index (χ4n) is 3.48. The smallest absolute Gasteiger partial charge is 0.254 e. The lowest BCUT2D eigenvalue weighted by atomic mass is 10.1. The average molecular weight is 389 g/mol. The van der Waals surface area contributed by atoms with E-state index >= 15 is 0 Å². The van der Waals surface area contributed by atoms with Crippen LogP contribution in [0.3, 0.4) is 0 Å². The predicted molar refractivity (Wildman–Crippen MR) is 102 cm³/mol. The number of nitrogens with zero attached hydrogens (tertiary/aromatic N) is 4. The summed E-state index contributed by atoms with van der Waals surface area (Å²) in [7, 11) is 0. The highest BCUT2D eigenvalue weighted by molar-refractivity contribution is 5.94. The number of carbonyl (C=O) groups is 2. The van der Waals surface area contributed by atoms with Crippen LogP contribution in [0.1, 0.15) is 39.8 Å². The van der Waals surface area contributed by atoms with Gasteiger partial charge < -0.3 is 14.6 Å². The number of fused-ring (bicyclic) bond motifs is 1. The standard InChI is InChI=1S/C21H19N5O3/c22-11-15-3-1-4-16(9-15)21(28)25-13-17-6-7-24-26(17)18(14-25)10-20(27)23-12-19-5-2-8-29-19/h1-9,18H,10,12-14H2,(H,23,27)/t18-/m0/s1. The first-order valence-corrected chi connectivity index (χ1v) is 9.25. The first-order chi connectivity index (χ1) is 14.1. The Morgan fingerprint density at radius 3 is 2.97 bits per heavy atom. The molecule has 1 aromatic carbocycles. The van der Waals surface area contributed by atoms with Gasteiger partial charge in [-0.1, -0.05) is 6.07 Å². The normalized spacial score (nSPS) is 15.4. The van der Waals surface area contributed by atoms with Gasteiger partial charge in [0.05, 0.1) is 49.1 Å². The van der Waals surface area contributed by atoms with Crippen LogP contribution >= 0.6 is 0 Å². The molecule has 0 fully saturated rings. The summed E-state index contributed by atoms with van der Waals surface area (Å²) in [5, 5.41) is 16.2. The molecule has 0 unspecified atom stereocenters. The number of nitrogens with one attached hydrogen (secondary N) is 1. The van der Waals surface area contributed by atoms with E-state index in [1.807, 2.05) is 10.7 Å². The molecule has 0 spiro atoms. The second kappa shape index (κ2) is 8.02. The number of aromatic nitrogens is 2. The zero-order valence-electron chi connectivity index (χ0n) is 15.6. The highest BCUT2D eigenvalue weighted by Crippen LogP contribution is 2.24. The fourth-order valence-corrected chi connectivity index (χ4v) is 3.48. The summed E-state index contributed by atoms with van der Waals surface area (Å²) < 4.78 is 7.03. The zero-order valence-corrected chi connectivity index (χ0v) is 15.6. The van der Waals surface area contributed by atoms with Gasteiger partial charge >= 0.3 is 0 Å². The molecule has 1 aliphatic rings. The quantitative estimate of drug-likeness (QED) is 0.721. The van der Waals surface area contributed by atoms with Crippen molar-refractivity contribution in [2.45, 2.75) is 25.6 Å². The number of hydrogen-bond donors (Lipinski definition) is 1. The van der Waals surface area contributed by atoms with Gasteiger partial charge in [-0.15, -0.1) is 0 Å². The van der Waals surface area contributed by atoms with Crippen molar-refractivity contribution >= 4 is 11.8 Å². The summed E-state index contributed by atoms with van der Waals surface area (Å²) >= 11 is 0. The Balaban J connectivity index is 1.47. The Labute approximate surface area is 167 Å². The number of hydrogen-bond acceptors (Lipinski definition) is 5. The van der Waals surface area contributed by atoms with Gasteiger partial charge in [-0.05, 0) is 36.4 Å². The van der Waals surface area contributed by atoms with Crippen LogP contribution in [0.25, 0.3) is 0 Å². The molecule has 2 aromatic heterocycles. The Morgan fingerprint density at radius 2 is 2.17 bits per heavy atom. The van der Waals surface area contributed by atoms with Crippen LogP contribution in [0.2, 0.25) is 0 Å². The lowest BCUT2D eigenvalue weighted by Crippen LogP contribution is -2.42. The first kappa shape index (κ1) is 18.5. The fraction of sp³-hybridized carbons (Fsp3) is 0.238. The summed E-state index contributed by atoms with van der Waals surface area (Å²) in [5.41, 5.74) is 1.76. The molecule has 0 aliphatic carbocycles. The molecule has 1 atom stereocenters. The number of benzene rings is 1. The number of amides is 2. The first-order valence-electron chi connectivity index (χ1n) is 9.25. The number of carbonyl (C=O) groups excluding carboxylic acids is 2. The molecule has 2 amide bonds. The molecule has 0 bridgehead atoms. The van der Waals surface area contributed by atoms with E-state index < -0.39 is 0 Å². The SMILES string of the molecule is N#Cc1cccc(C(=O)N2Cc3ccnn3[C@@H](CC(=O)NCc3ccco3)C2)c1. The predicted octanol–water partition coefficient (Wildman–Crippen LogP) is 2.25. The van der Waals surface area contributed by atoms with Crippen molar-refractivity contribution in [2.75, 3.05) is 6.54 Å².